The summed E-state index contributed by atoms with van der Waals surface area (Å²) in [6.07, 6.45) is 9.39. The molecule has 256 valence electrons. The molecule has 50 heavy (non-hydrogen) atoms. The Hall–Kier alpha value is -5.22. The summed E-state index contributed by atoms with van der Waals surface area (Å²) >= 11 is 6.12. The Morgan fingerprint density at radius 2 is 1.76 bits per heavy atom. The number of amides is 3. The number of nitrogens with zero attached hydrogens (tertiary/aromatic N) is 4. The lowest BCUT2D eigenvalue weighted by atomic mass is 9.86. The molecule has 0 aliphatic carbocycles. The average molecular weight is 692 g/mol. The Balaban J connectivity index is 1.07. The normalized spacial score (nSPS) is 16.1. The van der Waals surface area contributed by atoms with Gasteiger partial charge in [-0.05, 0) is 78.6 Å². The van der Waals surface area contributed by atoms with Crippen molar-refractivity contribution in [2.24, 2.45) is 0 Å². The predicted molar refractivity (Wildman–Crippen MR) is 190 cm³/mol. The number of imidazole rings is 1. The van der Waals surface area contributed by atoms with E-state index in [1.807, 2.05) is 34.1 Å². The number of benzene rings is 3. The maximum absolute atomic E-state index is 14.1. The molecule has 1 atom stereocenters. The zero-order valence-corrected chi connectivity index (χ0v) is 28.4. The van der Waals surface area contributed by atoms with Crippen LogP contribution in [0.5, 0.6) is 0 Å². The zero-order valence-electron chi connectivity index (χ0n) is 27.6. The lowest BCUT2D eigenvalue weighted by molar-refractivity contribution is -0.135. The quantitative estimate of drug-likeness (QED) is 0.206. The summed E-state index contributed by atoms with van der Waals surface area (Å²) in [6.45, 7) is 2.45. The van der Waals surface area contributed by atoms with Crippen LogP contribution in [0.2, 0.25) is 5.02 Å². The van der Waals surface area contributed by atoms with E-state index in [0.717, 1.165) is 49.0 Å². The first-order valence-corrected chi connectivity index (χ1v) is 17.5. The third kappa shape index (κ3) is 7.35. The SMILES string of the molecule is O=C(N[C@H](Cc1ccc(Cl)cc1)C(=O)N1CCC(c2ccccc2CN2CCCCC2=O)CC1)c1cc(=O)c2cc(-n3ccnc3)ccc2o1. The second kappa shape index (κ2) is 14.7. The summed E-state index contributed by atoms with van der Waals surface area (Å²) in [5.41, 5.74) is 3.85. The van der Waals surface area contributed by atoms with Crippen LogP contribution >= 0.6 is 11.6 Å². The zero-order chi connectivity index (χ0) is 34.6. The fourth-order valence-electron chi connectivity index (χ4n) is 7.06. The number of nitrogens with one attached hydrogen (secondary N) is 1. The molecule has 3 amide bonds. The number of hydrogen-bond acceptors (Lipinski definition) is 6. The molecule has 2 saturated heterocycles. The van der Waals surface area contributed by atoms with Gasteiger partial charge in [-0.1, -0.05) is 48.0 Å². The van der Waals surface area contributed by atoms with Gasteiger partial charge in [0.05, 0.1) is 11.7 Å². The third-order valence-electron chi connectivity index (χ3n) is 9.78. The van der Waals surface area contributed by atoms with E-state index < -0.39 is 11.9 Å². The topological polar surface area (TPSA) is 118 Å². The summed E-state index contributed by atoms with van der Waals surface area (Å²) in [5, 5.41) is 3.77. The molecule has 1 N–H and O–H groups in total. The molecule has 4 heterocycles. The van der Waals surface area contributed by atoms with Gasteiger partial charge >= 0.3 is 0 Å². The van der Waals surface area contributed by atoms with Gasteiger partial charge in [0.15, 0.2) is 11.2 Å². The minimum Gasteiger partial charge on any atom is -0.451 e. The van der Waals surface area contributed by atoms with E-state index in [1.165, 1.54) is 11.6 Å². The monoisotopic (exact) mass is 691 g/mol. The average Bonchev–Trinajstić information content (AvgIpc) is 3.68. The van der Waals surface area contributed by atoms with Crippen molar-refractivity contribution in [1.82, 2.24) is 24.7 Å². The first-order valence-electron chi connectivity index (χ1n) is 17.1. The molecule has 0 radical (unpaired) electrons. The highest BCUT2D eigenvalue weighted by atomic mass is 35.5. The molecule has 10 nitrogen and oxygen atoms in total. The van der Waals surface area contributed by atoms with Gasteiger partial charge in [0, 0.05) is 68.2 Å². The summed E-state index contributed by atoms with van der Waals surface area (Å²) in [5.74, 6) is -0.559. The van der Waals surface area contributed by atoms with E-state index >= 15 is 0 Å². The van der Waals surface area contributed by atoms with Crippen LogP contribution in [0.1, 0.15) is 65.3 Å². The highest BCUT2D eigenvalue weighted by molar-refractivity contribution is 6.30. The number of carbonyl (C=O) groups excluding carboxylic acids is 3. The van der Waals surface area contributed by atoms with Crippen molar-refractivity contribution in [3.8, 4) is 5.69 Å². The van der Waals surface area contributed by atoms with Gasteiger partial charge in [-0.3, -0.25) is 19.2 Å². The molecule has 5 aromatic rings. The minimum absolute atomic E-state index is 0.172. The Bertz CT molecular complexity index is 2070. The van der Waals surface area contributed by atoms with Crippen LogP contribution in [0.25, 0.3) is 16.7 Å². The molecule has 2 aliphatic heterocycles. The molecular weight excluding hydrogens is 654 g/mol. The van der Waals surface area contributed by atoms with Crippen molar-refractivity contribution in [2.75, 3.05) is 19.6 Å². The highest BCUT2D eigenvalue weighted by Crippen LogP contribution is 2.32. The number of aromatic nitrogens is 2. The summed E-state index contributed by atoms with van der Waals surface area (Å²) in [4.78, 5) is 61.2. The van der Waals surface area contributed by atoms with Crippen molar-refractivity contribution >= 4 is 40.3 Å². The Labute approximate surface area is 294 Å². The van der Waals surface area contributed by atoms with Gasteiger partial charge in [-0.2, -0.15) is 0 Å². The summed E-state index contributed by atoms with van der Waals surface area (Å²) < 4.78 is 7.67. The molecule has 11 heteroatoms. The fraction of sp³-hybridized carbons (Fsp3) is 0.308. The standard InChI is InChI=1S/C39H38ClN5O5/c40-29-10-8-26(9-11-29)21-33(42-38(48)36-23-34(46)32-22-30(12-13-35(32)50-36)45-20-16-41-25-45)39(49)43-18-14-27(15-19-43)31-6-2-1-5-28(31)24-44-17-4-3-7-37(44)47/h1-2,5-6,8-13,16,20,22-23,25,27,33H,3-4,7,14-15,17-19,21,24H2,(H,42,48)/t33-/m1/s1. The summed E-state index contributed by atoms with van der Waals surface area (Å²) in [7, 11) is 0. The van der Waals surface area contributed by atoms with E-state index in [9.17, 15) is 19.2 Å². The van der Waals surface area contributed by atoms with Crippen LogP contribution < -0.4 is 10.7 Å². The van der Waals surface area contributed by atoms with Gasteiger partial charge in [-0.25, -0.2) is 4.98 Å². The van der Waals surface area contributed by atoms with E-state index in [0.29, 0.717) is 36.5 Å². The van der Waals surface area contributed by atoms with Gasteiger partial charge in [0.1, 0.15) is 11.6 Å². The Morgan fingerprint density at radius 3 is 2.52 bits per heavy atom. The Kier molecular flexibility index (Phi) is 9.80. The number of halogens is 1. The predicted octanol–water partition coefficient (Wildman–Crippen LogP) is 5.89. The van der Waals surface area contributed by atoms with E-state index in [1.54, 1.807) is 53.6 Å². The number of likely N-dealkylation sites (tertiary alicyclic amines) is 2. The van der Waals surface area contributed by atoms with Crippen LogP contribution in [0.4, 0.5) is 0 Å². The van der Waals surface area contributed by atoms with Gasteiger partial charge < -0.3 is 24.1 Å². The number of fused-ring (bicyclic) bond motifs is 1. The summed E-state index contributed by atoms with van der Waals surface area (Å²) in [6, 6.07) is 20.8. The molecule has 3 aromatic carbocycles. The van der Waals surface area contributed by atoms with Crippen LogP contribution in [0, 0.1) is 0 Å². The maximum Gasteiger partial charge on any atom is 0.287 e. The van der Waals surface area contributed by atoms with Gasteiger partial charge in [0.2, 0.25) is 11.8 Å². The lowest BCUT2D eigenvalue weighted by Crippen LogP contribution is -2.51. The minimum atomic E-state index is -0.901. The van der Waals surface area contributed by atoms with Crippen molar-refractivity contribution in [2.45, 2.75) is 57.0 Å². The smallest absolute Gasteiger partial charge is 0.287 e. The van der Waals surface area contributed by atoms with Crippen LogP contribution in [-0.2, 0) is 22.6 Å². The van der Waals surface area contributed by atoms with Gasteiger partial charge in [0.25, 0.3) is 5.91 Å². The molecule has 2 aliphatic rings. The number of carbonyl (C=O) groups is 3. The number of piperidine rings is 2. The highest BCUT2D eigenvalue weighted by Gasteiger charge is 2.32. The molecule has 2 fully saturated rings. The first-order chi connectivity index (χ1) is 24.3. The fourth-order valence-corrected chi connectivity index (χ4v) is 7.18. The van der Waals surface area contributed by atoms with Crippen LogP contribution in [-0.4, -0.2) is 62.7 Å². The van der Waals surface area contributed by atoms with E-state index in [2.05, 4.69) is 22.4 Å². The lowest BCUT2D eigenvalue weighted by Gasteiger charge is -2.36. The van der Waals surface area contributed by atoms with Crippen molar-refractivity contribution in [3.63, 3.8) is 0 Å². The molecule has 2 aromatic heterocycles. The van der Waals surface area contributed by atoms with E-state index in [4.69, 9.17) is 16.0 Å². The van der Waals surface area contributed by atoms with Crippen molar-refractivity contribution in [3.05, 3.63) is 129 Å². The molecule has 0 saturated carbocycles. The first kappa shape index (κ1) is 33.3. The third-order valence-corrected chi connectivity index (χ3v) is 10.0. The molecule has 0 unspecified atom stereocenters. The number of hydrogen-bond donors (Lipinski definition) is 1. The second-order valence-electron chi connectivity index (χ2n) is 13.1. The van der Waals surface area contributed by atoms with Crippen molar-refractivity contribution in [1.29, 1.82) is 0 Å². The second-order valence-corrected chi connectivity index (χ2v) is 13.5. The molecular formula is C39H38ClN5O5. The maximum atomic E-state index is 14.1. The molecule has 7 rings (SSSR count). The van der Waals surface area contributed by atoms with E-state index in [-0.39, 0.29) is 40.9 Å². The Morgan fingerprint density at radius 1 is 0.960 bits per heavy atom. The van der Waals surface area contributed by atoms with Crippen LogP contribution in [0.15, 0.2) is 101 Å². The van der Waals surface area contributed by atoms with Gasteiger partial charge in [-0.15, -0.1) is 0 Å². The largest absolute Gasteiger partial charge is 0.451 e. The molecule has 0 bridgehead atoms. The van der Waals surface area contributed by atoms with Crippen molar-refractivity contribution < 1.29 is 18.8 Å². The van der Waals surface area contributed by atoms with Crippen LogP contribution in [0.3, 0.4) is 0 Å². The number of rotatable bonds is 9. The molecule has 0 spiro atoms.